The second-order valence-electron chi connectivity index (χ2n) is 4.06. The molecule has 3 nitrogen and oxygen atoms in total. The molecule has 0 N–H and O–H groups in total. The highest BCUT2D eigenvalue weighted by Gasteiger charge is 2.04. The number of nitriles is 3. The average molecular weight is 255 g/mol. The molecule has 2 rings (SSSR count). The minimum atomic E-state index is 0.0516. The third-order valence-corrected chi connectivity index (χ3v) is 2.80. The van der Waals surface area contributed by atoms with E-state index in [4.69, 9.17) is 15.8 Å². The van der Waals surface area contributed by atoms with Crippen LogP contribution in [0.25, 0.3) is 17.2 Å². The van der Waals surface area contributed by atoms with Gasteiger partial charge in [-0.05, 0) is 34.9 Å². The first-order valence-corrected chi connectivity index (χ1v) is 5.90. The molecule has 20 heavy (non-hydrogen) atoms. The largest absolute Gasteiger partial charge is 0.192 e. The van der Waals surface area contributed by atoms with Gasteiger partial charge in [0.05, 0.1) is 11.6 Å². The molecule has 0 saturated carbocycles. The molecule has 0 radical (unpaired) electrons. The van der Waals surface area contributed by atoms with E-state index in [1.807, 2.05) is 54.6 Å². The number of allylic oxidation sites excluding steroid dienone is 1. The molecule has 0 amide bonds. The number of nitrogens with zero attached hydrogens (tertiary/aromatic N) is 3. The summed E-state index contributed by atoms with van der Waals surface area (Å²) in [6.07, 6.45) is 1.53. The van der Waals surface area contributed by atoms with Crippen LogP contribution in [0, 0.1) is 34.0 Å². The number of hydrogen-bond donors (Lipinski definition) is 0. The fourth-order valence-corrected chi connectivity index (χ4v) is 1.88. The summed E-state index contributed by atoms with van der Waals surface area (Å²) in [6, 6.07) is 20.5. The zero-order valence-electron chi connectivity index (χ0n) is 10.5. The Labute approximate surface area is 117 Å². The highest BCUT2D eigenvalue weighted by atomic mass is 14.3. The fraction of sp³-hybridized carbons (Fsp3) is 0. The lowest BCUT2D eigenvalue weighted by atomic mass is 9.98. The lowest BCUT2D eigenvalue weighted by molar-refractivity contribution is 1.46. The third kappa shape index (κ3) is 2.72. The Bertz CT molecular complexity index is 780. The molecule has 0 bridgehead atoms. The predicted octanol–water partition coefficient (Wildman–Crippen LogP) is 3.66. The van der Waals surface area contributed by atoms with Crippen molar-refractivity contribution in [3.8, 4) is 29.3 Å². The van der Waals surface area contributed by atoms with Crippen LogP contribution in [-0.2, 0) is 0 Å². The van der Waals surface area contributed by atoms with Crippen LogP contribution in [0.2, 0.25) is 0 Å². The van der Waals surface area contributed by atoms with Crippen LogP contribution in [0.3, 0.4) is 0 Å². The van der Waals surface area contributed by atoms with Gasteiger partial charge >= 0.3 is 0 Å². The van der Waals surface area contributed by atoms with Crippen molar-refractivity contribution in [2.24, 2.45) is 0 Å². The molecule has 0 saturated heterocycles. The highest BCUT2D eigenvalue weighted by molar-refractivity contribution is 5.74. The summed E-state index contributed by atoms with van der Waals surface area (Å²) in [7, 11) is 0. The summed E-state index contributed by atoms with van der Waals surface area (Å²) >= 11 is 0. The van der Waals surface area contributed by atoms with Gasteiger partial charge in [-0.25, -0.2) is 0 Å². The Hall–Kier alpha value is -3.35. The zero-order chi connectivity index (χ0) is 14.4. The molecule has 0 heterocycles. The summed E-state index contributed by atoms with van der Waals surface area (Å²) in [5.74, 6) is 0. The second kappa shape index (κ2) is 6.01. The van der Waals surface area contributed by atoms with Gasteiger partial charge in [0.25, 0.3) is 0 Å². The predicted molar refractivity (Wildman–Crippen MR) is 75.8 cm³/mol. The first kappa shape index (κ1) is 13.1. The topological polar surface area (TPSA) is 71.4 Å². The van der Waals surface area contributed by atoms with E-state index >= 15 is 0 Å². The maximum Gasteiger partial charge on any atom is 0.130 e. The van der Waals surface area contributed by atoms with Gasteiger partial charge in [-0.3, -0.25) is 0 Å². The Kier molecular flexibility index (Phi) is 3.93. The van der Waals surface area contributed by atoms with E-state index in [9.17, 15) is 0 Å². The molecule has 0 atom stereocenters. The van der Waals surface area contributed by atoms with Crippen LogP contribution in [-0.4, -0.2) is 0 Å². The summed E-state index contributed by atoms with van der Waals surface area (Å²) in [5, 5.41) is 26.7. The second-order valence-corrected chi connectivity index (χ2v) is 4.06. The van der Waals surface area contributed by atoms with Crippen molar-refractivity contribution in [1.29, 1.82) is 15.8 Å². The van der Waals surface area contributed by atoms with Crippen LogP contribution < -0.4 is 0 Å². The molecule has 0 aliphatic carbocycles. The zero-order valence-corrected chi connectivity index (χ0v) is 10.5. The molecular weight excluding hydrogens is 246 g/mol. The molecule has 0 unspecified atom stereocenters. The first-order chi connectivity index (χ1) is 9.78. The minimum Gasteiger partial charge on any atom is -0.192 e. The molecule has 0 spiro atoms. The van der Waals surface area contributed by atoms with Crippen molar-refractivity contribution in [1.82, 2.24) is 0 Å². The van der Waals surface area contributed by atoms with Gasteiger partial charge in [0.2, 0.25) is 0 Å². The Morgan fingerprint density at radius 3 is 2.35 bits per heavy atom. The maximum absolute atomic E-state index is 9.12. The van der Waals surface area contributed by atoms with Gasteiger partial charge in [0.15, 0.2) is 0 Å². The smallest absolute Gasteiger partial charge is 0.130 e. The van der Waals surface area contributed by atoms with E-state index in [0.29, 0.717) is 5.56 Å². The molecule has 3 heteroatoms. The Morgan fingerprint density at radius 2 is 1.65 bits per heavy atom. The molecule has 92 valence electrons. The SMILES string of the molecule is N#CC(C#N)=Cc1cccc(-c2ccccc2C#N)c1. The molecule has 0 fully saturated rings. The van der Waals surface area contributed by atoms with Crippen molar-refractivity contribution in [2.45, 2.75) is 0 Å². The van der Waals surface area contributed by atoms with Gasteiger partial charge in [-0.1, -0.05) is 36.4 Å². The van der Waals surface area contributed by atoms with Crippen molar-refractivity contribution in [3.63, 3.8) is 0 Å². The molecule has 0 aliphatic rings. The molecule has 2 aromatic rings. The van der Waals surface area contributed by atoms with E-state index in [2.05, 4.69) is 6.07 Å². The van der Waals surface area contributed by atoms with Crippen molar-refractivity contribution in [3.05, 3.63) is 65.2 Å². The van der Waals surface area contributed by atoms with Crippen molar-refractivity contribution >= 4 is 6.08 Å². The van der Waals surface area contributed by atoms with Crippen LogP contribution in [0.4, 0.5) is 0 Å². The van der Waals surface area contributed by atoms with Crippen LogP contribution in [0.1, 0.15) is 11.1 Å². The molecular formula is C17H9N3. The van der Waals surface area contributed by atoms with E-state index in [0.717, 1.165) is 16.7 Å². The van der Waals surface area contributed by atoms with E-state index in [1.54, 1.807) is 6.07 Å². The van der Waals surface area contributed by atoms with Gasteiger partial charge in [-0.15, -0.1) is 0 Å². The van der Waals surface area contributed by atoms with Gasteiger partial charge in [0, 0.05) is 0 Å². The van der Waals surface area contributed by atoms with Gasteiger partial charge < -0.3 is 0 Å². The van der Waals surface area contributed by atoms with Crippen LogP contribution >= 0.6 is 0 Å². The summed E-state index contributed by atoms with van der Waals surface area (Å²) in [6.45, 7) is 0. The molecule has 0 aliphatic heterocycles. The van der Waals surface area contributed by atoms with Crippen LogP contribution in [0.5, 0.6) is 0 Å². The number of rotatable bonds is 2. The summed E-state index contributed by atoms with van der Waals surface area (Å²) in [5.41, 5.74) is 3.12. The van der Waals surface area contributed by atoms with E-state index in [-0.39, 0.29) is 5.57 Å². The monoisotopic (exact) mass is 255 g/mol. The Balaban J connectivity index is 2.52. The standard InChI is InChI=1S/C17H9N3/c18-10-14(11-19)8-13-4-3-6-15(9-13)17-7-2-1-5-16(17)12-20/h1-9H. The lowest BCUT2D eigenvalue weighted by Crippen LogP contribution is -1.85. The van der Waals surface area contributed by atoms with E-state index in [1.165, 1.54) is 6.08 Å². The lowest BCUT2D eigenvalue weighted by Gasteiger charge is -2.05. The minimum absolute atomic E-state index is 0.0516. The Morgan fingerprint density at radius 1 is 0.900 bits per heavy atom. The van der Waals surface area contributed by atoms with Crippen molar-refractivity contribution in [2.75, 3.05) is 0 Å². The summed E-state index contributed by atoms with van der Waals surface area (Å²) < 4.78 is 0. The average Bonchev–Trinajstić information content (AvgIpc) is 2.52. The third-order valence-electron chi connectivity index (χ3n) is 2.80. The van der Waals surface area contributed by atoms with Gasteiger partial charge in [0.1, 0.15) is 17.7 Å². The molecule has 0 aromatic heterocycles. The number of hydrogen-bond acceptors (Lipinski definition) is 3. The van der Waals surface area contributed by atoms with Crippen molar-refractivity contribution < 1.29 is 0 Å². The molecule has 2 aromatic carbocycles. The first-order valence-electron chi connectivity index (χ1n) is 5.90. The number of benzene rings is 2. The van der Waals surface area contributed by atoms with Gasteiger partial charge in [-0.2, -0.15) is 15.8 Å². The normalized spacial score (nSPS) is 8.85. The highest BCUT2D eigenvalue weighted by Crippen LogP contribution is 2.24. The fourth-order valence-electron chi connectivity index (χ4n) is 1.88. The maximum atomic E-state index is 9.12. The summed E-state index contributed by atoms with van der Waals surface area (Å²) in [4.78, 5) is 0. The van der Waals surface area contributed by atoms with E-state index < -0.39 is 0 Å². The van der Waals surface area contributed by atoms with Crippen LogP contribution in [0.15, 0.2) is 54.1 Å². The quantitative estimate of drug-likeness (QED) is 0.769.